The molecule has 0 fully saturated rings. The molecule has 2 aromatic heterocycles. The third-order valence-corrected chi connectivity index (χ3v) is 3.99. The molecule has 0 amide bonds. The Morgan fingerprint density at radius 3 is 2.57 bits per heavy atom. The lowest BCUT2D eigenvalue weighted by Crippen LogP contribution is -2.27. The first kappa shape index (κ1) is 15.6. The first-order chi connectivity index (χ1) is 10.1. The number of hydrogen-bond donors (Lipinski definition) is 1. The minimum Gasteiger partial charge on any atom is -0.378 e. The maximum absolute atomic E-state index is 4.40. The molecule has 0 saturated heterocycles. The highest BCUT2D eigenvalue weighted by Crippen LogP contribution is 2.10. The summed E-state index contributed by atoms with van der Waals surface area (Å²) in [6.07, 6.45) is 5.86. The lowest BCUT2D eigenvalue weighted by atomic mass is 10.2. The fourth-order valence-corrected chi connectivity index (χ4v) is 2.28. The van der Waals surface area contributed by atoms with Crippen LogP contribution in [-0.4, -0.2) is 44.1 Å². The summed E-state index contributed by atoms with van der Waals surface area (Å²) in [5.41, 5.74) is 3.46. The summed E-state index contributed by atoms with van der Waals surface area (Å²) >= 11 is 0. The summed E-state index contributed by atoms with van der Waals surface area (Å²) in [6, 6.07) is 0. The Morgan fingerprint density at radius 1 is 1.19 bits per heavy atom. The predicted octanol–water partition coefficient (Wildman–Crippen LogP) is 1.88. The van der Waals surface area contributed by atoms with Crippen LogP contribution in [-0.2, 0) is 20.1 Å². The molecule has 0 atom stereocenters. The second-order valence-electron chi connectivity index (χ2n) is 5.25. The lowest BCUT2D eigenvalue weighted by Gasteiger charge is -2.17. The van der Waals surface area contributed by atoms with Crippen LogP contribution in [0.1, 0.15) is 25.1 Å². The molecule has 0 aliphatic carbocycles. The van der Waals surface area contributed by atoms with Gasteiger partial charge in [-0.05, 0) is 20.0 Å². The van der Waals surface area contributed by atoms with E-state index in [-0.39, 0.29) is 0 Å². The van der Waals surface area contributed by atoms with Crippen molar-refractivity contribution in [3.63, 3.8) is 0 Å². The SMILES string of the molecule is CCN(CC)CCn1cc(NCc2cnn(C)c2C)cn1. The number of rotatable bonds is 8. The highest BCUT2D eigenvalue weighted by atomic mass is 15.3. The van der Waals surface area contributed by atoms with Crippen LogP contribution in [0.3, 0.4) is 0 Å². The first-order valence-electron chi connectivity index (χ1n) is 7.60. The minimum atomic E-state index is 0.779. The number of anilines is 1. The van der Waals surface area contributed by atoms with Crippen molar-refractivity contribution >= 4 is 5.69 Å². The van der Waals surface area contributed by atoms with Gasteiger partial charge in [0.05, 0.1) is 24.6 Å². The van der Waals surface area contributed by atoms with E-state index in [1.165, 1.54) is 11.3 Å². The minimum absolute atomic E-state index is 0.779. The molecule has 0 aromatic carbocycles. The van der Waals surface area contributed by atoms with E-state index in [1.807, 2.05) is 28.8 Å². The molecular weight excluding hydrogens is 264 g/mol. The van der Waals surface area contributed by atoms with E-state index in [4.69, 9.17) is 0 Å². The number of likely N-dealkylation sites (N-methyl/N-ethyl adjacent to an activating group) is 1. The summed E-state index contributed by atoms with van der Waals surface area (Å²) in [5.74, 6) is 0. The standard InChI is InChI=1S/C15H26N6/c1-5-20(6-2)7-8-21-12-15(11-18-21)16-9-14-10-17-19(4)13(14)3/h10-12,16H,5-9H2,1-4H3. The average Bonchev–Trinajstić information content (AvgIpc) is 3.07. The Hall–Kier alpha value is -1.82. The second-order valence-corrected chi connectivity index (χ2v) is 5.25. The highest BCUT2D eigenvalue weighted by Gasteiger charge is 2.05. The summed E-state index contributed by atoms with van der Waals surface area (Å²) in [4.78, 5) is 2.40. The van der Waals surface area contributed by atoms with E-state index >= 15 is 0 Å². The van der Waals surface area contributed by atoms with E-state index in [2.05, 4.69) is 47.4 Å². The maximum atomic E-state index is 4.40. The van der Waals surface area contributed by atoms with Gasteiger partial charge in [0.15, 0.2) is 0 Å². The largest absolute Gasteiger partial charge is 0.378 e. The zero-order valence-electron chi connectivity index (χ0n) is 13.5. The van der Waals surface area contributed by atoms with Crippen LogP contribution in [0, 0.1) is 6.92 Å². The van der Waals surface area contributed by atoms with Gasteiger partial charge in [0.25, 0.3) is 0 Å². The van der Waals surface area contributed by atoms with Gasteiger partial charge in [-0.2, -0.15) is 10.2 Å². The molecule has 2 rings (SSSR count). The Morgan fingerprint density at radius 2 is 1.95 bits per heavy atom. The summed E-state index contributed by atoms with van der Waals surface area (Å²) < 4.78 is 3.89. The molecule has 0 bridgehead atoms. The van der Waals surface area contributed by atoms with Crippen molar-refractivity contribution in [2.24, 2.45) is 7.05 Å². The van der Waals surface area contributed by atoms with Crippen molar-refractivity contribution in [3.8, 4) is 0 Å². The highest BCUT2D eigenvalue weighted by molar-refractivity contribution is 5.39. The monoisotopic (exact) mass is 290 g/mol. The zero-order valence-corrected chi connectivity index (χ0v) is 13.5. The van der Waals surface area contributed by atoms with Gasteiger partial charge in [-0.15, -0.1) is 0 Å². The van der Waals surface area contributed by atoms with Crippen molar-refractivity contribution in [1.29, 1.82) is 0 Å². The van der Waals surface area contributed by atoms with Gasteiger partial charge >= 0.3 is 0 Å². The van der Waals surface area contributed by atoms with Gasteiger partial charge in [0.2, 0.25) is 0 Å². The van der Waals surface area contributed by atoms with Crippen LogP contribution in [0.15, 0.2) is 18.6 Å². The van der Waals surface area contributed by atoms with Crippen LogP contribution in [0.25, 0.3) is 0 Å². The molecule has 0 unspecified atom stereocenters. The number of nitrogens with one attached hydrogen (secondary N) is 1. The van der Waals surface area contributed by atoms with Crippen LogP contribution < -0.4 is 5.32 Å². The Kier molecular flexibility index (Phi) is 5.38. The zero-order chi connectivity index (χ0) is 15.2. The van der Waals surface area contributed by atoms with Crippen LogP contribution in [0.4, 0.5) is 5.69 Å². The van der Waals surface area contributed by atoms with Crippen molar-refractivity contribution < 1.29 is 0 Å². The molecule has 0 spiro atoms. The van der Waals surface area contributed by atoms with Gasteiger partial charge < -0.3 is 10.2 Å². The third-order valence-electron chi connectivity index (χ3n) is 3.99. The van der Waals surface area contributed by atoms with E-state index in [9.17, 15) is 0 Å². The van der Waals surface area contributed by atoms with E-state index in [1.54, 1.807) is 0 Å². The molecule has 0 aliphatic rings. The Bertz CT molecular complexity index is 552. The molecule has 0 radical (unpaired) electrons. The molecule has 6 heteroatoms. The molecule has 2 aromatic rings. The first-order valence-corrected chi connectivity index (χ1v) is 7.60. The van der Waals surface area contributed by atoms with Gasteiger partial charge in [0.1, 0.15) is 0 Å². The third kappa shape index (κ3) is 4.07. The molecule has 6 nitrogen and oxygen atoms in total. The fourth-order valence-electron chi connectivity index (χ4n) is 2.28. The fraction of sp³-hybridized carbons (Fsp3) is 0.600. The van der Waals surface area contributed by atoms with Crippen LogP contribution in [0.2, 0.25) is 0 Å². The van der Waals surface area contributed by atoms with Crippen molar-refractivity contribution in [2.45, 2.75) is 33.9 Å². The predicted molar refractivity (Wildman–Crippen MR) is 85.3 cm³/mol. The number of aromatic nitrogens is 4. The van der Waals surface area contributed by atoms with Crippen LogP contribution in [0.5, 0.6) is 0 Å². The molecule has 2 heterocycles. The maximum Gasteiger partial charge on any atom is 0.0729 e. The normalized spacial score (nSPS) is 11.3. The van der Waals surface area contributed by atoms with E-state index < -0.39 is 0 Å². The molecule has 0 saturated carbocycles. The van der Waals surface area contributed by atoms with Gasteiger partial charge in [-0.1, -0.05) is 13.8 Å². The Labute approximate surface area is 126 Å². The quantitative estimate of drug-likeness (QED) is 0.806. The summed E-state index contributed by atoms with van der Waals surface area (Å²) in [6.45, 7) is 11.4. The summed E-state index contributed by atoms with van der Waals surface area (Å²) in [5, 5.41) is 12.1. The van der Waals surface area contributed by atoms with Crippen molar-refractivity contribution in [3.05, 3.63) is 29.8 Å². The van der Waals surface area contributed by atoms with Gasteiger partial charge in [-0.25, -0.2) is 0 Å². The number of hydrogen-bond acceptors (Lipinski definition) is 4. The molecule has 1 N–H and O–H groups in total. The smallest absolute Gasteiger partial charge is 0.0729 e. The molecule has 0 aliphatic heterocycles. The average molecular weight is 290 g/mol. The topological polar surface area (TPSA) is 50.9 Å². The summed E-state index contributed by atoms with van der Waals surface area (Å²) in [7, 11) is 1.96. The van der Waals surface area contributed by atoms with Crippen LogP contribution >= 0.6 is 0 Å². The lowest BCUT2D eigenvalue weighted by molar-refractivity contribution is 0.285. The van der Waals surface area contributed by atoms with Gasteiger partial charge in [-0.3, -0.25) is 9.36 Å². The molecule has 116 valence electrons. The molecule has 21 heavy (non-hydrogen) atoms. The van der Waals surface area contributed by atoms with Crippen molar-refractivity contribution in [1.82, 2.24) is 24.5 Å². The van der Waals surface area contributed by atoms with Gasteiger partial charge in [0, 0.05) is 37.6 Å². The van der Waals surface area contributed by atoms with E-state index in [0.717, 1.165) is 38.4 Å². The second kappa shape index (κ2) is 7.26. The molecular formula is C15H26N6. The van der Waals surface area contributed by atoms with Crippen molar-refractivity contribution in [2.75, 3.05) is 25.0 Å². The number of aryl methyl sites for hydroxylation is 1. The Balaban J connectivity index is 1.84. The van der Waals surface area contributed by atoms with E-state index in [0.29, 0.717) is 0 Å². The number of nitrogens with zero attached hydrogens (tertiary/aromatic N) is 5.